The molecule has 1 atom stereocenters. The first kappa shape index (κ1) is 26.9. The molecule has 2 heterocycles. The number of amides is 2. The molecule has 0 saturated heterocycles. The largest absolute Gasteiger partial charge is 0.491 e. The third-order valence-corrected chi connectivity index (χ3v) is 7.64. The highest BCUT2D eigenvalue weighted by atomic mass is 32.1. The number of hydrogen-bond donors (Lipinski definition) is 0. The summed E-state index contributed by atoms with van der Waals surface area (Å²) in [7, 11) is 0. The summed E-state index contributed by atoms with van der Waals surface area (Å²) < 4.78 is 20.0. The minimum absolute atomic E-state index is 0.0629. The van der Waals surface area contributed by atoms with Gasteiger partial charge in [-0.1, -0.05) is 45.9 Å². The zero-order valence-electron chi connectivity index (χ0n) is 21.9. The number of rotatable bonds is 9. The average molecular weight is 523 g/mol. The van der Waals surface area contributed by atoms with Gasteiger partial charge in [-0.2, -0.15) is 0 Å². The van der Waals surface area contributed by atoms with Crippen LogP contribution in [0.25, 0.3) is 0 Å². The van der Waals surface area contributed by atoms with Crippen molar-refractivity contribution in [3.8, 4) is 5.75 Å². The highest BCUT2D eigenvalue weighted by molar-refractivity contribution is 7.10. The number of halogens is 1. The van der Waals surface area contributed by atoms with E-state index in [9.17, 15) is 14.0 Å². The molecule has 0 saturated carbocycles. The molecule has 1 aliphatic rings. The van der Waals surface area contributed by atoms with Crippen molar-refractivity contribution in [2.45, 2.75) is 46.1 Å². The zero-order chi connectivity index (χ0) is 26.5. The van der Waals surface area contributed by atoms with Gasteiger partial charge in [0.25, 0.3) is 5.91 Å². The lowest BCUT2D eigenvalue weighted by Gasteiger charge is -2.37. The Bertz CT molecular complexity index is 1220. The van der Waals surface area contributed by atoms with Gasteiger partial charge in [0.2, 0.25) is 5.91 Å². The van der Waals surface area contributed by atoms with E-state index in [1.165, 1.54) is 33.5 Å². The lowest BCUT2D eigenvalue weighted by Crippen LogP contribution is -2.48. The average Bonchev–Trinajstić information content (AvgIpc) is 3.35. The third-order valence-electron chi connectivity index (χ3n) is 6.64. The number of nitrogens with zero attached hydrogens (tertiary/aromatic N) is 2. The summed E-state index contributed by atoms with van der Waals surface area (Å²) in [5, 5.41) is 2.06. The van der Waals surface area contributed by atoms with Crippen LogP contribution in [0.5, 0.6) is 5.75 Å². The Labute approximate surface area is 222 Å². The predicted molar refractivity (Wildman–Crippen MR) is 146 cm³/mol. The van der Waals surface area contributed by atoms with Crippen LogP contribution in [0.15, 0.2) is 60.0 Å². The van der Waals surface area contributed by atoms with Crippen LogP contribution in [0.1, 0.15) is 66.0 Å². The first-order chi connectivity index (χ1) is 17.7. The molecule has 37 heavy (non-hydrogen) atoms. The number of benzene rings is 2. The molecule has 0 spiro atoms. The molecule has 3 aromatic rings. The lowest BCUT2D eigenvalue weighted by atomic mass is 10.00. The summed E-state index contributed by atoms with van der Waals surface area (Å²) in [5.74, 6) is 0.419. The minimum atomic E-state index is -0.471. The highest BCUT2D eigenvalue weighted by Gasteiger charge is 2.34. The highest BCUT2D eigenvalue weighted by Crippen LogP contribution is 2.34. The summed E-state index contributed by atoms with van der Waals surface area (Å²) in [6.45, 7) is 9.54. The van der Waals surface area contributed by atoms with Crippen molar-refractivity contribution in [3.63, 3.8) is 0 Å². The van der Waals surface area contributed by atoms with Gasteiger partial charge in [0.15, 0.2) is 0 Å². The molecule has 7 heteroatoms. The second kappa shape index (κ2) is 11.9. The van der Waals surface area contributed by atoms with Gasteiger partial charge >= 0.3 is 0 Å². The van der Waals surface area contributed by atoms with E-state index in [2.05, 4.69) is 37.4 Å². The van der Waals surface area contributed by atoms with E-state index in [1.807, 2.05) is 30.9 Å². The van der Waals surface area contributed by atoms with Crippen molar-refractivity contribution >= 4 is 23.2 Å². The summed E-state index contributed by atoms with van der Waals surface area (Å²) in [6.07, 6.45) is 0.778. The van der Waals surface area contributed by atoms with Crippen LogP contribution in [0, 0.1) is 11.7 Å². The molecular formula is C30H35FN2O3S. The summed E-state index contributed by atoms with van der Waals surface area (Å²) >= 11 is 1.70. The minimum Gasteiger partial charge on any atom is -0.491 e. The Hall–Kier alpha value is -3.19. The molecular weight excluding hydrogens is 487 g/mol. The van der Waals surface area contributed by atoms with Crippen LogP contribution < -0.4 is 4.74 Å². The van der Waals surface area contributed by atoms with E-state index < -0.39 is 5.82 Å². The maximum Gasteiger partial charge on any atom is 0.254 e. The van der Waals surface area contributed by atoms with Crippen LogP contribution in [-0.2, 0) is 11.2 Å². The van der Waals surface area contributed by atoms with E-state index in [4.69, 9.17) is 4.74 Å². The monoisotopic (exact) mass is 522 g/mol. The molecule has 0 unspecified atom stereocenters. The van der Waals surface area contributed by atoms with Crippen molar-refractivity contribution in [1.82, 2.24) is 9.80 Å². The van der Waals surface area contributed by atoms with Crippen LogP contribution >= 0.6 is 11.3 Å². The smallest absolute Gasteiger partial charge is 0.254 e. The van der Waals surface area contributed by atoms with Crippen molar-refractivity contribution in [3.05, 3.63) is 87.4 Å². The quantitative estimate of drug-likeness (QED) is 0.331. The molecule has 1 aromatic heterocycles. The fraction of sp³-hybridized carbons (Fsp3) is 0.400. The molecule has 196 valence electrons. The van der Waals surface area contributed by atoms with E-state index >= 15 is 0 Å². The van der Waals surface area contributed by atoms with Crippen LogP contribution in [0.2, 0.25) is 0 Å². The van der Waals surface area contributed by atoms with Crippen molar-refractivity contribution in [2.75, 3.05) is 26.2 Å². The molecule has 2 amide bonds. The maximum absolute atomic E-state index is 13.8. The molecule has 0 radical (unpaired) electrons. The van der Waals surface area contributed by atoms with Gasteiger partial charge in [0.05, 0.1) is 6.04 Å². The molecule has 0 fully saturated rings. The number of carbonyl (C=O) groups excluding carboxylic acids is 2. The van der Waals surface area contributed by atoms with Crippen molar-refractivity contribution < 1.29 is 18.7 Å². The molecule has 0 N–H and O–H groups in total. The molecule has 2 aromatic carbocycles. The standard InChI is InChI=1S/C30H35FN2O3S/c1-20(2)17-32(30(35)23-6-5-7-24(31)16-23)18-29(34)33-14-12-28-26(13-15-37-28)27(33)19-36-25-10-8-22(9-11-25)21(3)4/h5-11,13,15-16,20-21,27H,12,14,17-19H2,1-4H3/t27-/m1/s1. The maximum atomic E-state index is 13.8. The molecule has 0 aliphatic carbocycles. The van der Waals surface area contributed by atoms with E-state index in [1.54, 1.807) is 17.4 Å². The summed E-state index contributed by atoms with van der Waals surface area (Å²) in [4.78, 5) is 31.6. The normalized spacial score (nSPS) is 15.1. The number of ether oxygens (including phenoxy) is 1. The second-order valence-electron chi connectivity index (χ2n) is 10.3. The topological polar surface area (TPSA) is 49.9 Å². The predicted octanol–water partition coefficient (Wildman–Crippen LogP) is 6.31. The number of hydrogen-bond acceptors (Lipinski definition) is 4. The Morgan fingerprint density at radius 2 is 1.86 bits per heavy atom. The summed E-state index contributed by atoms with van der Waals surface area (Å²) in [5.41, 5.74) is 2.60. The van der Waals surface area contributed by atoms with Crippen LogP contribution in [0.4, 0.5) is 4.39 Å². The van der Waals surface area contributed by atoms with Gasteiger partial charge in [0.1, 0.15) is 24.7 Å². The lowest BCUT2D eigenvalue weighted by molar-refractivity contribution is -0.135. The third kappa shape index (κ3) is 6.58. The first-order valence-electron chi connectivity index (χ1n) is 12.9. The van der Waals surface area contributed by atoms with Gasteiger partial charge < -0.3 is 14.5 Å². The molecule has 5 nitrogen and oxygen atoms in total. The van der Waals surface area contributed by atoms with Gasteiger partial charge in [-0.05, 0) is 71.2 Å². The van der Waals surface area contributed by atoms with E-state index in [0.29, 0.717) is 25.6 Å². The van der Waals surface area contributed by atoms with Crippen LogP contribution in [0.3, 0.4) is 0 Å². The fourth-order valence-electron chi connectivity index (χ4n) is 4.72. The zero-order valence-corrected chi connectivity index (χ0v) is 22.8. The van der Waals surface area contributed by atoms with E-state index in [0.717, 1.165) is 17.7 Å². The molecule has 0 bridgehead atoms. The number of thiophene rings is 1. The molecule has 1 aliphatic heterocycles. The van der Waals surface area contributed by atoms with Crippen LogP contribution in [-0.4, -0.2) is 47.9 Å². The van der Waals surface area contributed by atoms with Gasteiger partial charge in [-0.25, -0.2) is 4.39 Å². The fourth-order valence-corrected chi connectivity index (χ4v) is 5.65. The number of fused-ring (bicyclic) bond motifs is 1. The van der Waals surface area contributed by atoms with Gasteiger partial charge in [0, 0.05) is 23.5 Å². The van der Waals surface area contributed by atoms with E-state index in [-0.39, 0.29) is 35.9 Å². The molecule has 4 rings (SSSR count). The Morgan fingerprint density at radius 1 is 1.11 bits per heavy atom. The second-order valence-corrected chi connectivity index (χ2v) is 11.3. The van der Waals surface area contributed by atoms with Gasteiger partial charge in [-0.3, -0.25) is 9.59 Å². The van der Waals surface area contributed by atoms with Crippen molar-refractivity contribution in [2.24, 2.45) is 5.92 Å². The SMILES string of the molecule is CC(C)CN(CC(=O)N1CCc2sccc2[C@H]1COc1ccc(C(C)C)cc1)C(=O)c1cccc(F)c1. The Kier molecular flexibility index (Phi) is 8.64. The van der Waals surface area contributed by atoms with Crippen molar-refractivity contribution in [1.29, 1.82) is 0 Å². The Morgan fingerprint density at radius 3 is 2.54 bits per heavy atom. The number of carbonyl (C=O) groups is 2. The Balaban J connectivity index is 1.52. The first-order valence-corrected chi connectivity index (χ1v) is 13.7. The summed E-state index contributed by atoms with van der Waals surface area (Å²) in [6, 6.07) is 15.5. The van der Waals surface area contributed by atoms with Gasteiger partial charge in [-0.15, -0.1) is 11.3 Å².